The standard InChI is InChI=1S/C13H19NO4/c1-13(2,3)18-7-6-17-11-5-4-9(12(15)16)8-10(11)14/h4-5,8H,6-7,14H2,1-3H3,(H,15,16). The maximum Gasteiger partial charge on any atom is 0.335 e. The summed E-state index contributed by atoms with van der Waals surface area (Å²) in [6, 6.07) is 4.39. The van der Waals surface area contributed by atoms with Crippen molar-refractivity contribution in [2.24, 2.45) is 0 Å². The van der Waals surface area contributed by atoms with Crippen molar-refractivity contribution < 1.29 is 19.4 Å². The summed E-state index contributed by atoms with van der Waals surface area (Å²) in [6.45, 7) is 6.70. The predicted octanol–water partition coefficient (Wildman–Crippen LogP) is 2.16. The van der Waals surface area contributed by atoms with E-state index < -0.39 is 5.97 Å². The van der Waals surface area contributed by atoms with Crippen LogP contribution in [0.15, 0.2) is 18.2 Å². The van der Waals surface area contributed by atoms with Gasteiger partial charge in [-0.25, -0.2) is 4.79 Å². The van der Waals surface area contributed by atoms with Crippen molar-refractivity contribution in [2.75, 3.05) is 18.9 Å². The Hall–Kier alpha value is -1.75. The largest absolute Gasteiger partial charge is 0.489 e. The van der Waals surface area contributed by atoms with E-state index in [4.69, 9.17) is 20.3 Å². The molecule has 0 heterocycles. The number of carbonyl (C=O) groups is 1. The second kappa shape index (κ2) is 5.73. The molecule has 0 fully saturated rings. The number of anilines is 1. The molecule has 0 saturated heterocycles. The first-order chi connectivity index (χ1) is 8.29. The molecular formula is C13H19NO4. The van der Waals surface area contributed by atoms with Crippen LogP contribution in [-0.2, 0) is 4.74 Å². The number of rotatable bonds is 5. The summed E-state index contributed by atoms with van der Waals surface area (Å²) in [7, 11) is 0. The molecule has 0 spiro atoms. The summed E-state index contributed by atoms with van der Waals surface area (Å²) in [5.74, 6) is -0.540. The zero-order valence-electron chi connectivity index (χ0n) is 10.9. The molecular weight excluding hydrogens is 234 g/mol. The number of benzene rings is 1. The van der Waals surface area contributed by atoms with E-state index in [2.05, 4.69) is 0 Å². The molecule has 1 aromatic carbocycles. The van der Waals surface area contributed by atoms with Crippen LogP contribution in [0.4, 0.5) is 5.69 Å². The SMILES string of the molecule is CC(C)(C)OCCOc1ccc(C(=O)O)cc1N. The lowest BCUT2D eigenvalue weighted by molar-refractivity contribution is -0.0162. The van der Waals surface area contributed by atoms with Crippen molar-refractivity contribution in [3.05, 3.63) is 23.8 Å². The van der Waals surface area contributed by atoms with Gasteiger partial charge < -0.3 is 20.3 Å². The highest BCUT2D eigenvalue weighted by Gasteiger charge is 2.10. The molecule has 0 atom stereocenters. The fourth-order valence-corrected chi connectivity index (χ4v) is 1.31. The van der Waals surface area contributed by atoms with Gasteiger partial charge in [-0.3, -0.25) is 0 Å². The monoisotopic (exact) mass is 253 g/mol. The third kappa shape index (κ3) is 4.63. The van der Waals surface area contributed by atoms with E-state index in [-0.39, 0.29) is 11.2 Å². The predicted molar refractivity (Wildman–Crippen MR) is 69.0 cm³/mol. The second-order valence-corrected chi connectivity index (χ2v) is 4.87. The number of carboxylic acid groups (broad SMARTS) is 1. The number of hydrogen-bond donors (Lipinski definition) is 2. The van der Waals surface area contributed by atoms with Crippen LogP contribution in [0.25, 0.3) is 0 Å². The summed E-state index contributed by atoms with van der Waals surface area (Å²) in [6.07, 6.45) is 0. The van der Waals surface area contributed by atoms with Crippen LogP contribution in [0.2, 0.25) is 0 Å². The maximum atomic E-state index is 10.7. The zero-order valence-corrected chi connectivity index (χ0v) is 10.9. The van der Waals surface area contributed by atoms with E-state index in [1.54, 1.807) is 6.07 Å². The van der Waals surface area contributed by atoms with Crippen LogP contribution < -0.4 is 10.5 Å². The fraction of sp³-hybridized carbons (Fsp3) is 0.462. The van der Waals surface area contributed by atoms with E-state index in [9.17, 15) is 4.79 Å². The highest BCUT2D eigenvalue weighted by Crippen LogP contribution is 2.22. The number of nitrogen functional groups attached to an aromatic ring is 1. The lowest BCUT2D eigenvalue weighted by atomic mass is 10.2. The highest BCUT2D eigenvalue weighted by molar-refractivity contribution is 5.89. The number of nitrogens with two attached hydrogens (primary N) is 1. The Morgan fingerprint density at radius 3 is 2.50 bits per heavy atom. The Morgan fingerprint density at radius 1 is 1.33 bits per heavy atom. The van der Waals surface area contributed by atoms with Crippen LogP contribution in [-0.4, -0.2) is 29.9 Å². The summed E-state index contributed by atoms with van der Waals surface area (Å²) in [5.41, 5.74) is 5.95. The fourth-order valence-electron chi connectivity index (χ4n) is 1.31. The zero-order chi connectivity index (χ0) is 13.8. The first-order valence-electron chi connectivity index (χ1n) is 5.69. The minimum Gasteiger partial charge on any atom is -0.489 e. The van der Waals surface area contributed by atoms with Gasteiger partial charge >= 0.3 is 5.97 Å². The minimum absolute atomic E-state index is 0.144. The topological polar surface area (TPSA) is 81.8 Å². The Balaban J connectivity index is 2.51. The molecule has 0 aromatic heterocycles. The third-order valence-corrected chi connectivity index (χ3v) is 2.13. The van der Waals surface area contributed by atoms with Crippen molar-refractivity contribution in [2.45, 2.75) is 26.4 Å². The number of hydrogen-bond acceptors (Lipinski definition) is 4. The van der Waals surface area contributed by atoms with Gasteiger partial charge in [0.25, 0.3) is 0 Å². The molecule has 1 rings (SSSR count). The van der Waals surface area contributed by atoms with Crippen LogP contribution in [0, 0.1) is 0 Å². The summed E-state index contributed by atoms with van der Waals surface area (Å²) in [4.78, 5) is 10.7. The summed E-state index contributed by atoms with van der Waals surface area (Å²) in [5, 5.41) is 8.79. The Morgan fingerprint density at radius 2 is 2.00 bits per heavy atom. The second-order valence-electron chi connectivity index (χ2n) is 4.87. The third-order valence-electron chi connectivity index (χ3n) is 2.13. The van der Waals surface area contributed by atoms with Crippen molar-refractivity contribution in [1.82, 2.24) is 0 Å². The highest BCUT2D eigenvalue weighted by atomic mass is 16.5. The van der Waals surface area contributed by atoms with E-state index in [0.29, 0.717) is 24.7 Å². The average Bonchev–Trinajstić information content (AvgIpc) is 2.24. The van der Waals surface area contributed by atoms with Crippen LogP contribution in [0.3, 0.4) is 0 Å². The van der Waals surface area contributed by atoms with Crippen molar-refractivity contribution in [3.8, 4) is 5.75 Å². The Labute approximate surface area is 107 Å². The molecule has 0 unspecified atom stereocenters. The first-order valence-corrected chi connectivity index (χ1v) is 5.69. The van der Waals surface area contributed by atoms with Gasteiger partial charge in [-0.2, -0.15) is 0 Å². The molecule has 0 aliphatic carbocycles. The molecule has 18 heavy (non-hydrogen) atoms. The lowest BCUT2D eigenvalue weighted by Gasteiger charge is -2.19. The van der Waals surface area contributed by atoms with Crippen LogP contribution in [0.1, 0.15) is 31.1 Å². The quantitative estimate of drug-likeness (QED) is 0.620. The molecule has 0 saturated carbocycles. The van der Waals surface area contributed by atoms with Gasteiger partial charge in [-0.05, 0) is 39.0 Å². The van der Waals surface area contributed by atoms with Gasteiger partial charge in [0.15, 0.2) is 0 Å². The molecule has 3 N–H and O–H groups in total. The normalized spacial score (nSPS) is 11.3. The van der Waals surface area contributed by atoms with E-state index in [1.807, 2.05) is 20.8 Å². The maximum absolute atomic E-state index is 10.7. The van der Waals surface area contributed by atoms with E-state index >= 15 is 0 Å². The minimum atomic E-state index is -1.01. The summed E-state index contributed by atoms with van der Waals surface area (Å²) < 4.78 is 10.9. The molecule has 5 heteroatoms. The molecule has 0 aliphatic rings. The van der Waals surface area contributed by atoms with Gasteiger partial charge in [0.05, 0.1) is 23.5 Å². The molecule has 0 aliphatic heterocycles. The Bertz CT molecular complexity index is 423. The van der Waals surface area contributed by atoms with Crippen LogP contribution >= 0.6 is 0 Å². The van der Waals surface area contributed by atoms with Gasteiger partial charge in [0.1, 0.15) is 12.4 Å². The molecule has 0 amide bonds. The van der Waals surface area contributed by atoms with Gasteiger partial charge in [-0.15, -0.1) is 0 Å². The van der Waals surface area contributed by atoms with Crippen molar-refractivity contribution in [1.29, 1.82) is 0 Å². The van der Waals surface area contributed by atoms with Gasteiger partial charge in [0.2, 0.25) is 0 Å². The van der Waals surface area contributed by atoms with Crippen molar-refractivity contribution in [3.63, 3.8) is 0 Å². The van der Waals surface area contributed by atoms with E-state index in [1.165, 1.54) is 12.1 Å². The number of carboxylic acids is 1. The van der Waals surface area contributed by atoms with Gasteiger partial charge in [-0.1, -0.05) is 0 Å². The van der Waals surface area contributed by atoms with Crippen molar-refractivity contribution >= 4 is 11.7 Å². The number of aromatic carboxylic acids is 1. The first kappa shape index (κ1) is 14.3. The van der Waals surface area contributed by atoms with E-state index in [0.717, 1.165) is 0 Å². The summed E-state index contributed by atoms with van der Waals surface area (Å²) >= 11 is 0. The molecule has 100 valence electrons. The smallest absolute Gasteiger partial charge is 0.335 e. The van der Waals surface area contributed by atoms with Gasteiger partial charge in [0, 0.05) is 0 Å². The lowest BCUT2D eigenvalue weighted by Crippen LogP contribution is -2.22. The molecule has 0 bridgehead atoms. The molecule has 0 radical (unpaired) electrons. The number of ether oxygens (including phenoxy) is 2. The van der Waals surface area contributed by atoms with Crippen LogP contribution in [0.5, 0.6) is 5.75 Å². The molecule has 1 aromatic rings. The average molecular weight is 253 g/mol. The molecule has 5 nitrogen and oxygen atoms in total. The Kier molecular flexibility index (Phi) is 4.55.